The number of H-pyrrole nitrogens is 1. The van der Waals surface area contributed by atoms with E-state index >= 15 is 0 Å². The molecule has 2 aromatic heterocycles. The molecule has 0 aliphatic rings. The Labute approximate surface area is 191 Å². The normalized spacial score (nSPS) is 11.5. The minimum atomic E-state index is -0.798. The van der Waals surface area contributed by atoms with Crippen molar-refractivity contribution in [3.8, 4) is 28.6 Å². The standard InChI is InChI=1S/C23H16ClN5O4/c1-13(22(31)26-18-6-3-14(4-7-18)21-27-23(32)33-28-21)29-9-8-15(10-20(29)30)19-11-17(24)5-2-16(19)12-25/h2-11,13H,1H3,(H,26,31)(H,27,28,32). The molecule has 1 unspecified atom stereocenters. The average Bonchev–Trinajstić information content (AvgIpc) is 3.25. The Morgan fingerprint density at radius 2 is 1.91 bits per heavy atom. The molecule has 0 radical (unpaired) electrons. The molecule has 0 spiro atoms. The highest BCUT2D eigenvalue weighted by Crippen LogP contribution is 2.26. The highest BCUT2D eigenvalue weighted by molar-refractivity contribution is 6.30. The van der Waals surface area contributed by atoms with Crippen molar-refractivity contribution in [3.05, 3.63) is 92.3 Å². The number of pyridine rings is 1. The number of carbonyl (C=O) groups excluding carboxylic acids is 1. The van der Waals surface area contributed by atoms with Crippen LogP contribution in [0, 0.1) is 11.3 Å². The number of amides is 1. The molecule has 164 valence electrons. The first kappa shape index (κ1) is 21.8. The first-order valence-corrected chi connectivity index (χ1v) is 10.1. The van der Waals surface area contributed by atoms with Gasteiger partial charge in [-0.05, 0) is 61.0 Å². The number of rotatable bonds is 5. The predicted octanol–water partition coefficient (Wildman–Crippen LogP) is 3.58. The van der Waals surface area contributed by atoms with Crippen molar-refractivity contribution in [2.75, 3.05) is 5.32 Å². The van der Waals surface area contributed by atoms with Crippen LogP contribution in [0.2, 0.25) is 5.02 Å². The molecule has 4 rings (SSSR count). The number of carbonyl (C=O) groups is 1. The van der Waals surface area contributed by atoms with Crippen molar-refractivity contribution >= 4 is 23.2 Å². The molecule has 2 heterocycles. The summed E-state index contributed by atoms with van der Waals surface area (Å²) in [5.74, 6) is -0.781. The van der Waals surface area contributed by atoms with Crippen molar-refractivity contribution in [1.29, 1.82) is 5.26 Å². The first-order chi connectivity index (χ1) is 15.9. The van der Waals surface area contributed by atoms with E-state index in [0.29, 0.717) is 33.0 Å². The van der Waals surface area contributed by atoms with Gasteiger partial charge >= 0.3 is 5.76 Å². The summed E-state index contributed by atoms with van der Waals surface area (Å²) in [6.45, 7) is 1.60. The Kier molecular flexibility index (Phi) is 5.93. The average molecular weight is 462 g/mol. The molecular weight excluding hydrogens is 446 g/mol. The molecule has 0 saturated carbocycles. The third-order valence-corrected chi connectivity index (χ3v) is 5.26. The second-order valence-electron chi connectivity index (χ2n) is 7.15. The van der Waals surface area contributed by atoms with Crippen molar-refractivity contribution in [2.45, 2.75) is 13.0 Å². The molecule has 0 saturated heterocycles. The van der Waals surface area contributed by atoms with Gasteiger partial charge in [-0.1, -0.05) is 16.8 Å². The van der Waals surface area contributed by atoms with Crippen LogP contribution in [0.1, 0.15) is 18.5 Å². The maximum absolute atomic E-state index is 12.7. The summed E-state index contributed by atoms with van der Waals surface area (Å²) in [6, 6.07) is 15.7. The SMILES string of the molecule is CC(C(=O)Nc1ccc(-c2noc(=O)[nH]2)cc1)n1ccc(-c2cc(Cl)ccc2C#N)cc1=O. The van der Waals surface area contributed by atoms with E-state index in [1.54, 1.807) is 55.5 Å². The molecule has 4 aromatic rings. The van der Waals surface area contributed by atoms with Gasteiger partial charge in [-0.25, -0.2) is 4.79 Å². The number of nitriles is 1. The van der Waals surface area contributed by atoms with E-state index in [1.807, 2.05) is 0 Å². The minimum Gasteiger partial charge on any atom is -0.324 e. The van der Waals surface area contributed by atoms with Gasteiger partial charge in [0.2, 0.25) is 5.91 Å². The first-order valence-electron chi connectivity index (χ1n) is 9.75. The number of hydrogen-bond donors (Lipinski definition) is 2. The number of anilines is 1. The summed E-state index contributed by atoms with van der Waals surface area (Å²) in [6.07, 6.45) is 1.51. The third-order valence-electron chi connectivity index (χ3n) is 5.02. The highest BCUT2D eigenvalue weighted by Gasteiger charge is 2.17. The Hall–Kier alpha value is -4.42. The van der Waals surface area contributed by atoms with Crippen LogP contribution in [-0.2, 0) is 4.79 Å². The lowest BCUT2D eigenvalue weighted by molar-refractivity contribution is -0.118. The molecule has 0 bridgehead atoms. The molecule has 0 aliphatic heterocycles. The van der Waals surface area contributed by atoms with Crippen molar-refractivity contribution in [3.63, 3.8) is 0 Å². The quantitative estimate of drug-likeness (QED) is 0.466. The fourth-order valence-electron chi connectivity index (χ4n) is 3.27. The Balaban J connectivity index is 1.52. The second kappa shape index (κ2) is 8.98. The van der Waals surface area contributed by atoms with Gasteiger partial charge in [-0.3, -0.25) is 19.1 Å². The predicted molar refractivity (Wildman–Crippen MR) is 122 cm³/mol. The Bertz CT molecular complexity index is 1490. The van der Waals surface area contributed by atoms with Crippen LogP contribution in [0.5, 0.6) is 0 Å². The lowest BCUT2D eigenvalue weighted by atomic mass is 10.0. The van der Waals surface area contributed by atoms with E-state index in [2.05, 4.69) is 26.0 Å². The Morgan fingerprint density at radius 3 is 2.55 bits per heavy atom. The summed E-state index contributed by atoms with van der Waals surface area (Å²) < 4.78 is 5.77. The zero-order valence-corrected chi connectivity index (χ0v) is 18.0. The number of benzene rings is 2. The number of halogens is 1. The summed E-state index contributed by atoms with van der Waals surface area (Å²) in [7, 11) is 0. The van der Waals surface area contributed by atoms with Crippen LogP contribution < -0.4 is 16.6 Å². The second-order valence-corrected chi connectivity index (χ2v) is 7.59. The molecule has 0 aliphatic carbocycles. The Morgan fingerprint density at radius 1 is 1.15 bits per heavy atom. The maximum atomic E-state index is 12.7. The summed E-state index contributed by atoms with van der Waals surface area (Å²) in [4.78, 5) is 39.0. The zero-order chi connectivity index (χ0) is 23.5. The summed E-state index contributed by atoms with van der Waals surface area (Å²) in [5.41, 5.74) is 2.18. The molecule has 10 heteroatoms. The molecule has 2 N–H and O–H groups in total. The zero-order valence-electron chi connectivity index (χ0n) is 17.2. The van der Waals surface area contributed by atoms with Crippen LogP contribution in [0.3, 0.4) is 0 Å². The molecule has 33 heavy (non-hydrogen) atoms. The van der Waals surface area contributed by atoms with Crippen molar-refractivity contribution in [1.82, 2.24) is 14.7 Å². The van der Waals surface area contributed by atoms with E-state index in [9.17, 15) is 19.6 Å². The van der Waals surface area contributed by atoms with Crippen LogP contribution in [0.4, 0.5) is 5.69 Å². The van der Waals surface area contributed by atoms with Crippen LogP contribution >= 0.6 is 11.6 Å². The lowest BCUT2D eigenvalue weighted by Gasteiger charge is -2.16. The van der Waals surface area contributed by atoms with Gasteiger partial charge in [0.15, 0.2) is 5.82 Å². The largest absolute Gasteiger partial charge is 0.439 e. The van der Waals surface area contributed by atoms with Gasteiger partial charge < -0.3 is 9.88 Å². The van der Waals surface area contributed by atoms with Crippen molar-refractivity contribution < 1.29 is 9.32 Å². The monoisotopic (exact) mass is 461 g/mol. The summed E-state index contributed by atoms with van der Waals surface area (Å²) >= 11 is 6.04. The van der Waals surface area contributed by atoms with Crippen molar-refractivity contribution in [2.24, 2.45) is 0 Å². The number of nitrogens with one attached hydrogen (secondary N) is 2. The fourth-order valence-corrected chi connectivity index (χ4v) is 3.44. The van der Waals surface area contributed by atoms with Gasteiger partial charge in [0, 0.05) is 34.1 Å². The fraction of sp³-hybridized carbons (Fsp3) is 0.0870. The lowest BCUT2D eigenvalue weighted by Crippen LogP contribution is -2.30. The number of hydrogen-bond acceptors (Lipinski definition) is 6. The van der Waals surface area contributed by atoms with Gasteiger partial charge in [0.05, 0.1) is 11.6 Å². The third kappa shape index (κ3) is 4.61. The smallest absolute Gasteiger partial charge is 0.324 e. The number of nitrogens with zero attached hydrogens (tertiary/aromatic N) is 3. The van der Waals surface area contributed by atoms with Gasteiger partial charge in [-0.2, -0.15) is 5.26 Å². The minimum absolute atomic E-state index is 0.275. The summed E-state index contributed by atoms with van der Waals surface area (Å²) in [5, 5.41) is 16.1. The van der Waals surface area contributed by atoms with E-state index in [0.717, 1.165) is 0 Å². The van der Waals surface area contributed by atoms with E-state index in [-0.39, 0.29) is 5.82 Å². The van der Waals surface area contributed by atoms with Crippen LogP contribution in [-0.4, -0.2) is 20.6 Å². The number of aromatic nitrogens is 3. The van der Waals surface area contributed by atoms with Gasteiger partial charge in [0.1, 0.15) is 6.04 Å². The van der Waals surface area contributed by atoms with E-state index < -0.39 is 23.3 Å². The molecule has 2 aromatic carbocycles. The van der Waals surface area contributed by atoms with E-state index in [4.69, 9.17) is 11.6 Å². The highest BCUT2D eigenvalue weighted by atomic mass is 35.5. The molecule has 1 amide bonds. The topological polar surface area (TPSA) is 134 Å². The van der Waals surface area contributed by atoms with Crippen LogP contribution in [0.15, 0.2) is 74.9 Å². The molecule has 9 nitrogen and oxygen atoms in total. The maximum Gasteiger partial charge on any atom is 0.439 e. The van der Waals surface area contributed by atoms with Gasteiger partial charge in [0.25, 0.3) is 5.56 Å². The molecule has 1 atom stereocenters. The molecular formula is C23H16ClN5O4. The molecule has 0 fully saturated rings. The van der Waals surface area contributed by atoms with E-state index in [1.165, 1.54) is 16.8 Å². The number of aromatic amines is 1. The van der Waals surface area contributed by atoms with Gasteiger partial charge in [-0.15, -0.1) is 0 Å². The van der Waals surface area contributed by atoms with Crippen LogP contribution in [0.25, 0.3) is 22.5 Å².